The molecule has 50 heavy (non-hydrogen) atoms. The van der Waals surface area contributed by atoms with E-state index >= 15 is 0 Å². The average Bonchev–Trinajstić information content (AvgIpc) is 3.86. The van der Waals surface area contributed by atoms with Crippen LogP contribution >= 0.6 is 0 Å². The fourth-order valence-electron chi connectivity index (χ4n) is 7.14. The van der Waals surface area contributed by atoms with Crippen LogP contribution in [0.25, 0.3) is 21.9 Å². The van der Waals surface area contributed by atoms with E-state index in [0.29, 0.717) is 24.6 Å². The normalized spacial score (nSPS) is 14.5. The number of aromatic amines is 1. The highest BCUT2D eigenvalue weighted by molar-refractivity contribution is 6.06. The van der Waals surface area contributed by atoms with Crippen molar-refractivity contribution in [2.75, 3.05) is 40.4 Å². The molecule has 1 unspecified atom stereocenters. The number of piperidine rings is 1. The molecule has 1 saturated heterocycles. The van der Waals surface area contributed by atoms with Gasteiger partial charge in [-0.25, -0.2) is 4.98 Å². The van der Waals surface area contributed by atoms with Gasteiger partial charge in [0, 0.05) is 45.2 Å². The summed E-state index contributed by atoms with van der Waals surface area (Å²) in [4.78, 5) is 26.1. The first-order valence-electron chi connectivity index (χ1n) is 17.5. The SMILES string of the molecule is COCCN(C)C(=O)c1cn(C(CC2CCN(Cc3ccc(Oc4ccccc4)cc3)CC2)c2cnc[nH]2)cc1-c1cccc2ccccc12. The van der Waals surface area contributed by atoms with Crippen LogP contribution in [-0.4, -0.2) is 70.6 Å². The van der Waals surface area contributed by atoms with Crippen molar-refractivity contribution >= 4 is 16.7 Å². The van der Waals surface area contributed by atoms with Crippen molar-refractivity contribution in [3.05, 3.63) is 139 Å². The van der Waals surface area contributed by atoms with Crippen LogP contribution in [0.15, 0.2) is 122 Å². The highest BCUT2D eigenvalue weighted by Gasteiger charge is 2.28. The first-order valence-corrected chi connectivity index (χ1v) is 17.5. The van der Waals surface area contributed by atoms with E-state index in [-0.39, 0.29) is 11.9 Å². The average molecular weight is 668 g/mol. The van der Waals surface area contributed by atoms with Gasteiger partial charge in [0.15, 0.2) is 0 Å². The van der Waals surface area contributed by atoms with Crippen LogP contribution in [0.3, 0.4) is 0 Å². The highest BCUT2D eigenvalue weighted by atomic mass is 16.5. The van der Waals surface area contributed by atoms with Gasteiger partial charge in [0.1, 0.15) is 11.5 Å². The van der Waals surface area contributed by atoms with Crippen molar-refractivity contribution in [3.63, 3.8) is 0 Å². The maximum atomic E-state index is 14.0. The van der Waals surface area contributed by atoms with E-state index in [1.807, 2.05) is 43.6 Å². The number of aromatic nitrogens is 3. The lowest BCUT2D eigenvalue weighted by Crippen LogP contribution is -2.34. The third kappa shape index (κ3) is 7.67. The van der Waals surface area contributed by atoms with Crippen molar-refractivity contribution in [2.24, 2.45) is 5.92 Å². The second kappa shape index (κ2) is 15.6. The maximum absolute atomic E-state index is 14.0. The summed E-state index contributed by atoms with van der Waals surface area (Å²) in [5.41, 5.74) is 5.04. The Morgan fingerprint density at radius 1 is 0.900 bits per heavy atom. The molecule has 0 saturated carbocycles. The number of para-hydroxylation sites is 1. The highest BCUT2D eigenvalue weighted by Crippen LogP contribution is 2.37. The van der Waals surface area contributed by atoms with Gasteiger partial charge in [-0.05, 0) is 84.4 Å². The van der Waals surface area contributed by atoms with Gasteiger partial charge in [-0.3, -0.25) is 9.69 Å². The third-order valence-corrected chi connectivity index (χ3v) is 9.94. The lowest BCUT2D eigenvalue weighted by atomic mass is 9.89. The standard InChI is InChI=1S/C42H45N5O3/c1-45(23-24-49-2)42(48)39-29-47(28-38(39)37-14-8-10-33-9-6-7-13-36(33)37)41(40-26-43-30-44-40)25-31-19-21-46(22-20-31)27-32-15-17-35(18-16-32)50-34-11-4-3-5-12-34/h3-18,26,28-31,41H,19-25,27H2,1-2H3,(H,43,44). The summed E-state index contributed by atoms with van der Waals surface area (Å²) in [5.74, 6) is 2.22. The number of benzene rings is 4. The molecule has 0 spiro atoms. The Morgan fingerprint density at radius 3 is 2.40 bits per heavy atom. The lowest BCUT2D eigenvalue weighted by Gasteiger charge is -2.34. The van der Waals surface area contributed by atoms with Crippen molar-refractivity contribution in [2.45, 2.75) is 31.8 Å². The molecule has 0 bridgehead atoms. The molecule has 1 aliphatic rings. The van der Waals surface area contributed by atoms with Crippen LogP contribution in [0, 0.1) is 5.92 Å². The van der Waals surface area contributed by atoms with Crippen molar-refractivity contribution < 1.29 is 14.3 Å². The number of imidazole rings is 1. The summed E-state index contributed by atoms with van der Waals surface area (Å²) in [6, 6.07) is 33.1. The van der Waals surface area contributed by atoms with E-state index in [0.717, 1.165) is 78.0 Å². The maximum Gasteiger partial charge on any atom is 0.255 e. The Balaban J connectivity index is 1.09. The van der Waals surface area contributed by atoms with Crippen LogP contribution < -0.4 is 4.74 Å². The minimum atomic E-state index is -0.0138. The second-order valence-electron chi connectivity index (χ2n) is 13.3. The summed E-state index contributed by atoms with van der Waals surface area (Å²) in [6.07, 6.45) is 11.1. The number of likely N-dealkylation sites (N-methyl/N-ethyl adjacent to an activating group) is 1. The molecule has 3 heterocycles. The Kier molecular flexibility index (Phi) is 10.4. The molecular formula is C42H45N5O3. The molecule has 6 aromatic rings. The van der Waals surface area contributed by atoms with E-state index in [4.69, 9.17) is 9.47 Å². The third-order valence-electron chi connectivity index (χ3n) is 9.94. The lowest BCUT2D eigenvalue weighted by molar-refractivity contribution is 0.0745. The molecular weight excluding hydrogens is 622 g/mol. The molecule has 0 radical (unpaired) electrons. The van der Waals surface area contributed by atoms with Crippen molar-refractivity contribution in [1.29, 1.82) is 0 Å². The number of H-pyrrole nitrogens is 1. The fourth-order valence-corrected chi connectivity index (χ4v) is 7.14. The van der Waals surface area contributed by atoms with E-state index < -0.39 is 0 Å². The predicted molar refractivity (Wildman–Crippen MR) is 199 cm³/mol. The van der Waals surface area contributed by atoms with Crippen LogP contribution in [0.5, 0.6) is 11.5 Å². The largest absolute Gasteiger partial charge is 0.457 e. The Hall–Kier alpha value is -5.18. The Labute approximate surface area is 294 Å². The Bertz CT molecular complexity index is 1970. The number of nitrogens with one attached hydrogen (secondary N) is 1. The molecule has 1 N–H and O–H groups in total. The molecule has 256 valence electrons. The second-order valence-corrected chi connectivity index (χ2v) is 13.3. The molecule has 1 aliphatic heterocycles. The zero-order valence-electron chi connectivity index (χ0n) is 28.9. The number of carbonyl (C=O) groups excluding carboxylic acids is 1. The molecule has 8 nitrogen and oxygen atoms in total. The molecule has 2 aromatic heterocycles. The van der Waals surface area contributed by atoms with Crippen LogP contribution in [0.1, 0.15) is 46.9 Å². The van der Waals surface area contributed by atoms with E-state index in [1.54, 1.807) is 18.3 Å². The van der Waals surface area contributed by atoms with E-state index in [9.17, 15) is 4.79 Å². The molecule has 4 aromatic carbocycles. The van der Waals surface area contributed by atoms with Gasteiger partial charge in [0.2, 0.25) is 0 Å². The predicted octanol–water partition coefficient (Wildman–Crippen LogP) is 8.43. The van der Waals surface area contributed by atoms with Gasteiger partial charge < -0.3 is 23.9 Å². The van der Waals surface area contributed by atoms with Gasteiger partial charge in [0.25, 0.3) is 5.91 Å². The molecule has 1 atom stereocenters. The first kappa shape index (κ1) is 33.3. The van der Waals surface area contributed by atoms with Gasteiger partial charge >= 0.3 is 0 Å². The fraction of sp³-hybridized carbons (Fsp3) is 0.286. The van der Waals surface area contributed by atoms with Crippen LogP contribution in [-0.2, 0) is 11.3 Å². The van der Waals surface area contributed by atoms with Gasteiger partial charge in [0.05, 0.1) is 36.4 Å². The summed E-state index contributed by atoms with van der Waals surface area (Å²) in [6.45, 7) is 4.02. The number of hydrogen-bond donors (Lipinski definition) is 1. The summed E-state index contributed by atoms with van der Waals surface area (Å²) in [5, 5.41) is 2.28. The van der Waals surface area contributed by atoms with Crippen molar-refractivity contribution in [1.82, 2.24) is 24.3 Å². The number of nitrogens with zero attached hydrogens (tertiary/aromatic N) is 4. The van der Waals surface area contributed by atoms with Gasteiger partial charge in [-0.2, -0.15) is 0 Å². The van der Waals surface area contributed by atoms with Crippen LogP contribution in [0.2, 0.25) is 0 Å². The number of amides is 1. The zero-order valence-corrected chi connectivity index (χ0v) is 28.9. The number of carbonyl (C=O) groups is 1. The zero-order chi connectivity index (χ0) is 34.3. The molecule has 0 aliphatic carbocycles. The van der Waals surface area contributed by atoms with Crippen molar-refractivity contribution in [3.8, 4) is 22.6 Å². The summed E-state index contributed by atoms with van der Waals surface area (Å²) < 4.78 is 13.5. The first-order chi connectivity index (χ1) is 24.6. The number of methoxy groups -OCH3 is 1. The smallest absolute Gasteiger partial charge is 0.255 e. The van der Waals surface area contributed by atoms with E-state index in [1.165, 1.54) is 5.56 Å². The molecule has 1 fully saturated rings. The van der Waals surface area contributed by atoms with Crippen LogP contribution in [0.4, 0.5) is 0 Å². The minimum Gasteiger partial charge on any atom is -0.457 e. The van der Waals surface area contributed by atoms with E-state index in [2.05, 4.69) is 98.6 Å². The topological polar surface area (TPSA) is 75.6 Å². The Morgan fingerprint density at radius 2 is 1.64 bits per heavy atom. The monoisotopic (exact) mass is 667 g/mol. The number of ether oxygens (including phenoxy) is 2. The number of hydrogen-bond acceptors (Lipinski definition) is 5. The number of rotatable bonds is 13. The number of likely N-dealkylation sites (tertiary alicyclic amines) is 1. The van der Waals surface area contributed by atoms with Gasteiger partial charge in [-0.1, -0.05) is 72.8 Å². The summed E-state index contributed by atoms with van der Waals surface area (Å²) in [7, 11) is 3.51. The quantitative estimate of drug-likeness (QED) is 0.134. The minimum absolute atomic E-state index is 0.0138. The van der Waals surface area contributed by atoms with Gasteiger partial charge in [-0.15, -0.1) is 0 Å². The molecule has 8 heteroatoms. The molecule has 1 amide bonds. The summed E-state index contributed by atoms with van der Waals surface area (Å²) >= 11 is 0. The number of fused-ring (bicyclic) bond motifs is 1. The molecule has 7 rings (SSSR count).